The monoisotopic (exact) mass is 235 g/mol. The second kappa shape index (κ2) is 6.23. The maximum Gasteiger partial charge on any atom is 0.270 e. The third-order valence-corrected chi connectivity index (χ3v) is 3.09. The molecule has 1 amide bonds. The Morgan fingerprint density at radius 3 is 2.71 bits per heavy atom. The minimum atomic E-state index is -0.116. The standard InChI is InChI=1S/C13H21N3O/c1-5-9(2)10(3)15-13(17)11-7-6-8-12(14-4)16-11/h6-10H,5H2,1-4H3,(H,14,16)(H,15,17). The molecule has 0 aliphatic rings. The van der Waals surface area contributed by atoms with Gasteiger partial charge in [0.05, 0.1) is 0 Å². The fourth-order valence-corrected chi connectivity index (χ4v) is 1.48. The summed E-state index contributed by atoms with van der Waals surface area (Å²) in [6, 6.07) is 5.53. The van der Waals surface area contributed by atoms with Crippen LogP contribution >= 0.6 is 0 Å². The van der Waals surface area contributed by atoms with Crippen LogP contribution in [0.15, 0.2) is 18.2 Å². The molecule has 1 heterocycles. The van der Waals surface area contributed by atoms with Crippen molar-refractivity contribution in [2.75, 3.05) is 12.4 Å². The highest BCUT2D eigenvalue weighted by atomic mass is 16.1. The van der Waals surface area contributed by atoms with Gasteiger partial charge in [0.15, 0.2) is 0 Å². The van der Waals surface area contributed by atoms with Gasteiger partial charge in [0, 0.05) is 13.1 Å². The lowest BCUT2D eigenvalue weighted by Crippen LogP contribution is -2.37. The van der Waals surface area contributed by atoms with Crippen molar-refractivity contribution in [1.82, 2.24) is 10.3 Å². The van der Waals surface area contributed by atoms with E-state index in [2.05, 4.69) is 29.5 Å². The fourth-order valence-electron chi connectivity index (χ4n) is 1.48. The summed E-state index contributed by atoms with van der Waals surface area (Å²) in [6.07, 6.45) is 1.05. The van der Waals surface area contributed by atoms with E-state index in [0.29, 0.717) is 17.4 Å². The number of aromatic nitrogens is 1. The summed E-state index contributed by atoms with van der Waals surface area (Å²) in [7, 11) is 1.78. The van der Waals surface area contributed by atoms with E-state index in [9.17, 15) is 4.79 Å². The van der Waals surface area contributed by atoms with Gasteiger partial charge in [0.1, 0.15) is 11.5 Å². The number of rotatable bonds is 5. The highest BCUT2D eigenvalue weighted by Gasteiger charge is 2.15. The molecule has 0 spiro atoms. The first-order valence-corrected chi connectivity index (χ1v) is 6.04. The minimum Gasteiger partial charge on any atom is -0.373 e. The molecule has 1 rings (SSSR count). The molecule has 2 unspecified atom stereocenters. The zero-order valence-electron chi connectivity index (χ0n) is 10.9. The third-order valence-electron chi connectivity index (χ3n) is 3.09. The van der Waals surface area contributed by atoms with Gasteiger partial charge in [-0.1, -0.05) is 26.3 Å². The van der Waals surface area contributed by atoms with Crippen LogP contribution in [0, 0.1) is 5.92 Å². The maximum absolute atomic E-state index is 11.9. The number of carbonyl (C=O) groups excluding carboxylic acids is 1. The van der Waals surface area contributed by atoms with Crippen molar-refractivity contribution in [2.45, 2.75) is 33.2 Å². The predicted octanol–water partition coefficient (Wildman–Crippen LogP) is 2.29. The quantitative estimate of drug-likeness (QED) is 0.823. The first-order chi connectivity index (χ1) is 8.08. The van der Waals surface area contributed by atoms with Gasteiger partial charge in [-0.3, -0.25) is 4.79 Å². The molecule has 2 N–H and O–H groups in total. The normalized spacial score (nSPS) is 13.9. The molecule has 94 valence electrons. The van der Waals surface area contributed by atoms with Gasteiger partial charge in [-0.25, -0.2) is 4.98 Å². The molecular formula is C13H21N3O. The molecule has 4 nitrogen and oxygen atoms in total. The van der Waals surface area contributed by atoms with Crippen LogP contribution in [0.2, 0.25) is 0 Å². The van der Waals surface area contributed by atoms with Gasteiger partial charge in [-0.15, -0.1) is 0 Å². The summed E-state index contributed by atoms with van der Waals surface area (Å²) in [4.78, 5) is 16.1. The second-order valence-corrected chi connectivity index (χ2v) is 4.31. The van der Waals surface area contributed by atoms with Gasteiger partial charge >= 0.3 is 0 Å². The van der Waals surface area contributed by atoms with Gasteiger partial charge in [0.25, 0.3) is 5.91 Å². The highest BCUT2D eigenvalue weighted by molar-refractivity contribution is 5.92. The van der Waals surface area contributed by atoms with Crippen molar-refractivity contribution in [3.8, 4) is 0 Å². The van der Waals surface area contributed by atoms with Gasteiger partial charge in [0.2, 0.25) is 0 Å². The molecule has 17 heavy (non-hydrogen) atoms. The number of carbonyl (C=O) groups is 1. The molecule has 0 aliphatic carbocycles. The van der Waals surface area contributed by atoms with Crippen LogP contribution in [0.25, 0.3) is 0 Å². The lowest BCUT2D eigenvalue weighted by molar-refractivity contribution is 0.0923. The Morgan fingerprint density at radius 2 is 2.12 bits per heavy atom. The zero-order chi connectivity index (χ0) is 12.8. The molecule has 1 aromatic rings. The Labute approximate surface area is 103 Å². The average Bonchev–Trinajstić information content (AvgIpc) is 2.37. The Kier molecular flexibility index (Phi) is 4.94. The van der Waals surface area contributed by atoms with Crippen LogP contribution in [0.1, 0.15) is 37.7 Å². The minimum absolute atomic E-state index is 0.116. The number of pyridine rings is 1. The van der Waals surface area contributed by atoms with Crippen LogP contribution in [-0.2, 0) is 0 Å². The van der Waals surface area contributed by atoms with Crippen molar-refractivity contribution in [2.24, 2.45) is 5.92 Å². The molecule has 0 aromatic carbocycles. The summed E-state index contributed by atoms with van der Waals surface area (Å²) in [6.45, 7) is 6.27. The molecule has 4 heteroatoms. The van der Waals surface area contributed by atoms with Gasteiger partial charge < -0.3 is 10.6 Å². The molecule has 0 saturated carbocycles. The van der Waals surface area contributed by atoms with E-state index in [4.69, 9.17) is 0 Å². The summed E-state index contributed by atoms with van der Waals surface area (Å²) >= 11 is 0. The number of amides is 1. The van der Waals surface area contributed by atoms with Crippen LogP contribution in [0.3, 0.4) is 0 Å². The zero-order valence-corrected chi connectivity index (χ0v) is 10.9. The molecule has 1 aromatic heterocycles. The summed E-state index contributed by atoms with van der Waals surface area (Å²) in [5, 5.41) is 5.89. The molecule has 0 bridgehead atoms. The van der Waals surface area contributed by atoms with E-state index in [-0.39, 0.29) is 11.9 Å². The predicted molar refractivity (Wildman–Crippen MR) is 70.2 cm³/mol. The van der Waals surface area contributed by atoms with Crippen LogP contribution in [0.4, 0.5) is 5.82 Å². The van der Waals surface area contributed by atoms with E-state index in [1.54, 1.807) is 13.1 Å². The van der Waals surface area contributed by atoms with E-state index in [0.717, 1.165) is 6.42 Å². The second-order valence-electron chi connectivity index (χ2n) is 4.31. The van der Waals surface area contributed by atoms with Crippen LogP contribution in [0.5, 0.6) is 0 Å². The van der Waals surface area contributed by atoms with Crippen molar-refractivity contribution in [1.29, 1.82) is 0 Å². The number of nitrogens with one attached hydrogen (secondary N) is 2. The topological polar surface area (TPSA) is 54.0 Å². The van der Waals surface area contributed by atoms with E-state index in [1.807, 2.05) is 19.1 Å². The Morgan fingerprint density at radius 1 is 1.41 bits per heavy atom. The van der Waals surface area contributed by atoms with Crippen LogP contribution in [-0.4, -0.2) is 24.0 Å². The van der Waals surface area contributed by atoms with Crippen molar-refractivity contribution < 1.29 is 4.79 Å². The first-order valence-electron chi connectivity index (χ1n) is 6.04. The Hall–Kier alpha value is -1.58. The molecule has 0 saturated heterocycles. The smallest absolute Gasteiger partial charge is 0.270 e. The SMILES string of the molecule is CCC(C)C(C)NC(=O)c1cccc(NC)n1. The first kappa shape index (κ1) is 13.5. The maximum atomic E-state index is 11.9. The third kappa shape index (κ3) is 3.73. The van der Waals surface area contributed by atoms with E-state index in [1.165, 1.54) is 0 Å². The lowest BCUT2D eigenvalue weighted by atomic mass is 10.0. The van der Waals surface area contributed by atoms with Crippen LogP contribution < -0.4 is 10.6 Å². The number of anilines is 1. The van der Waals surface area contributed by atoms with Crippen molar-refractivity contribution in [3.05, 3.63) is 23.9 Å². The fraction of sp³-hybridized carbons (Fsp3) is 0.538. The number of hydrogen-bond donors (Lipinski definition) is 2. The van der Waals surface area contributed by atoms with Gasteiger partial charge in [-0.2, -0.15) is 0 Å². The van der Waals surface area contributed by atoms with Crippen molar-refractivity contribution >= 4 is 11.7 Å². The van der Waals surface area contributed by atoms with Gasteiger partial charge in [-0.05, 0) is 25.0 Å². The van der Waals surface area contributed by atoms with E-state index >= 15 is 0 Å². The molecule has 0 fully saturated rings. The highest BCUT2D eigenvalue weighted by Crippen LogP contribution is 2.08. The van der Waals surface area contributed by atoms with E-state index < -0.39 is 0 Å². The summed E-state index contributed by atoms with van der Waals surface area (Å²) in [5.41, 5.74) is 0.451. The Bertz CT molecular complexity index is 379. The number of hydrogen-bond acceptors (Lipinski definition) is 3. The Balaban J connectivity index is 2.69. The summed E-state index contributed by atoms with van der Waals surface area (Å²) < 4.78 is 0. The number of nitrogens with zero attached hydrogens (tertiary/aromatic N) is 1. The molecular weight excluding hydrogens is 214 g/mol. The van der Waals surface area contributed by atoms with Crippen molar-refractivity contribution in [3.63, 3.8) is 0 Å². The molecule has 0 radical (unpaired) electrons. The molecule has 2 atom stereocenters. The average molecular weight is 235 g/mol. The summed E-state index contributed by atoms with van der Waals surface area (Å²) in [5.74, 6) is 1.05. The largest absolute Gasteiger partial charge is 0.373 e. The lowest BCUT2D eigenvalue weighted by Gasteiger charge is -2.19. The molecule has 0 aliphatic heterocycles.